The first kappa shape index (κ1) is 15.5. The van der Waals surface area contributed by atoms with E-state index in [2.05, 4.69) is 5.32 Å². The van der Waals surface area contributed by atoms with Gasteiger partial charge in [0.05, 0.1) is 0 Å². The highest BCUT2D eigenvalue weighted by Gasteiger charge is 2.25. The van der Waals surface area contributed by atoms with Gasteiger partial charge in [-0.25, -0.2) is 0 Å². The molecular weight excluding hydrogens is 268 g/mol. The van der Waals surface area contributed by atoms with Crippen molar-refractivity contribution < 1.29 is 14.7 Å². The lowest BCUT2D eigenvalue weighted by Crippen LogP contribution is -2.34. The van der Waals surface area contributed by atoms with Gasteiger partial charge in [0.15, 0.2) is 0 Å². The molecule has 1 aromatic rings. The number of carbonyl (C=O) groups is 2. The zero-order chi connectivity index (χ0) is 15.2. The number of carboxylic acids is 1. The van der Waals surface area contributed by atoms with Gasteiger partial charge in [0, 0.05) is 24.1 Å². The second-order valence-corrected chi connectivity index (χ2v) is 5.71. The number of hydrogen-bond donors (Lipinski definition) is 3. The predicted octanol–water partition coefficient (Wildman–Crippen LogP) is 2.16. The lowest BCUT2D eigenvalue weighted by molar-refractivity contribution is -0.137. The highest BCUT2D eigenvalue weighted by molar-refractivity contribution is 5.92. The van der Waals surface area contributed by atoms with Crippen LogP contribution in [0.3, 0.4) is 0 Å². The molecule has 0 aromatic heterocycles. The minimum absolute atomic E-state index is 0.0144. The standard InChI is InChI=1S/C16H22N2O3/c17-13-5-2-4-12(10-13)16(21)18-14-6-1-3-11(9-14)7-8-15(19)20/h1,3,6,9,12-13H,2,4-5,7-8,10,17H2,(H,18,21)(H,19,20). The van der Waals surface area contributed by atoms with Crippen LogP contribution in [0.4, 0.5) is 5.69 Å². The van der Waals surface area contributed by atoms with E-state index in [9.17, 15) is 9.59 Å². The maximum atomic E-state index is 12.2. The van der Waals surface area contributed by atoms with Crippen LogP contribution < -0.4 is 11.1 Å². The molecule has 2 unspecified atom stereocenters. The van der Waals surface area contributed by atoms with Crippen LogP contribution in [0.1, 0.15) is 37.7 Å². The lowest BCUT2D eigenvalue weighted by atomic mass is 9.85. The number of anilines is 1. The van der Waals surface area contributed by atoms with Gasteiger partial charge in [-0.15, -0.1) is 0 Å². The molecule has 0 saturated heterocycles. The Labute approximate surface area is 124 Å². The first-order valence-corrected chi connectivity index (χ1v) is 7.42. The molecule has 114 valence electrons. The van der Waals surface area contributed by atoms with Crippen molar-refractivity contribution in [1.29, 1.82) is 0 Å². The summed E-state index contributed by atoms with van der Waals surface area (Å²) in [6.45, 7) is 0. The van der Waals surface area contributed by atoms with Crippen LogP contribution in [0, 0.1) is 5.92 Å². The summed E-state index contributed by atoms with van der Waals surface area (Å²) in [6, 6.07) is 7.49. The lowest BCUT2D eigenvalue weighted by Gasteiger charge is -2.25. The summed E-state index contributed by atoms with van der Waals surface area (Å²) in [5.41, 5.74) is 7.55. The van der Waals surface area contributed by atoms with Gasteiger partial charge in [0.25, 0.3) is 0 Å². The fourth-order valence-corrected chi connectivity index (χ4v) is 2.77. The van der Waals surface area contributed by atoms with Crippen LogP contribution in [0.5, 0.6) is 0 Å². The molecule has 21 heavy (non-hydrogen) atoms. The quantitative estimate of drug-likeness (QED) is 0.774. The zero-order valence-electron chi connectivity index (χ0n) is 12.0. The number of carbonyl (C=O) groups excluding carboxylic acids is 1. The van der Waals surface area contributed by atoms with E-state index in [-0.39, 0.29) is 24.3 Å². The molecular formula is C16H22N2O3. The fraction of sp³-hybridized carbons (Fsp3) is 0.500. The third kappa shape index (κ3) is 4.86. The van der Waals surface area contributed by atoms with Gasteiger partial charge in [-0.05, 0) is 43.4 Å². The SMILES string of the molecule is NC1CCCC(C(=O)Nc2cccc(CCC(=O)O)c2)C1. The van der Waals surface area contributed by atoms with E-state index in [1.54, 1.807) is 0 Å². The summed E-state index contributed by atoms with van der Waals surface area (Å²) < 4.78 is 0. The Morgan fingerprint density at radius 1 is 1.33 bits per heavy atom. The van der Waals surface area contributed by atoms with Crippen molar-refractivity contribution in [3.8, 4) is 0 Å². The summed E-state index contributed by atoms with van der Waals surface area (Å²) in [5.74, 6) is -0.822. The maximum absolute atomic E-state index is 12.2. The average molecular weight is 290 g/mol. The smallest absolute Gasteiger partial charge is 0.303 e. The van der Waals surface area contributed by atoms with Crippen molar-refractivity contribution in [2.75, 3.05) is 5.32 Å². The van der Waals surface area contributed by atoms with Gasteiger partial charge in [0.1, 0.15) is 0 Å². The van der Waals surface area contributed by atoms with E-state index in [1.807, 2.05) is 24.3 Å². The van der Waals surface area contributed by atoms with Crippen molar-refractivity contribution >= 4 is 17.6 Å². The number of aliphatic carboxylic acids is 1. The fourth-order valence-electron chi connectivity index (χ4n) is 2.77. The number of rotatable bonds is 5. The Morgan fingerprint density at radius 2 is 2.14 bits per heavy atom. The minimum atomic E-state index is -0.819. The Kier molecular flexibility index (Phi) is 5.33. The number of benzene rings is 1. The van der Waals surface area contributed by atoms with E-state index in [4.69, 9.17) is 10.8 Å². The Balaban J connectivity index is 1.94. The largest absolute Gasteiger partial charge is 0.481 e. The summed E-state index contributed by atoms with van der Waals surface area (Å²) >= 11 is 0. The molecule has 5 heteroatoms. The molecule has 2 rings (SSSR count). The molecule has 1 aliphatic carbocycles. The van der Waals surface area contributed by atoms with Crippen LogP contribution in [-0.4, -0.2) is 23.0 Å². The van der Waals surface area contributed by atoms with Gasteiger partial charge >= 0.3 is 5.97 Å². The second kappa shape index (κ2) is 7.22. The molecule has 0 spiro atoms. The van der Waals surface area contributed by atoms with Gasteiger partial charge in [-0.3, -0.25) is 9.59 Å². The molecule has 0 aliphatic heterocycles. The molecule has 4 N–H and O–H groups in total. The van der Waals surface area contributed by atoms with E-state index in [1.165, 1.54) is 0 Å². The molecule has 1 fully saturated rings. The van der Waals surface area contributed by atoms with Crippen LogP contribution >= 0.6 is 0 Å². The van der Waals surface area contributed by atoms with Crippen molar-refractivity contribution in [1.82, 2.24) is 0 Å². The number of aryl methyl sites for hydroxylation is 1. The minimum Gasteiger partial charge on any atom is -0.481 e. The highest BCUT2D eigenvalue weighted by Crippen LogP contribution is 2.24. The predicted molar refractivity (Wildman–Crippen MR) is 81.0 cm³/mol. The monoisotopic (exact) mass is 290 g/mol. The van der Waals surface area contributed by atoms with E-state index < -0.39 is 5.97 Å². The van der Waals surface area contributed by atoms with Gasteiger partial charge < -0.3 is 16.2 Å². The number of hydrogen-bond acceptors (Lipinski definition) is 3. The molecule has 0 heterocycles. The van der Waals surface area contributed by atoms with Crippen molar-refractivity contribution in [3.63, 3.8) is 0 Å². The van der Waals surface area contributed by atoms with Crippen LogP contribution in [-0.2, 0) is 16.0 Å². The molecule has 0 bridgehead atoms. The summed E-state index contributed by atoms with van der Waals surface area (Å²) in [7, 11) is 0. The first-order valence-electron chi connectivity index (χ1n) is 7.42. The Morgan fingerprint density at radius 3 is 2.86 bits per heavy atom. The number of amides is 1. The van der Waals surface area contributed by atoms with Crippen LogP contribution in [0.2, 0.25) is 0 Å². The summed E-state index contributed by atoms with van der Waals surface area (Å²) in [5, 5.41) is 11.6. The van der Waals surface area contributed by atoms with Gasteiger partial charge in [-0.2, -0.15) is 0 Å². The highest BCUT2D eigenvalue weighted by atomic mass is 16.4. The molecule has 1 amide bonds. The first-order chi connectivity index (χ1) is 10.0. The average Bonchev–Trinajstić information content (AvgIpc) is 2.45. The normalized spacial score (nSPS) is 21.8. The van der Waals surface area contributed by atoms with Crippen LogP contribution in [0.25, 0.3) is 0 Å². The molecule has 1 aromatic carbocycles. The second-order valence-electron chi connectivity index (χ2n) is 5.71. The van der Waals surface area contributed by atoms with E-state index in [0.29, 0.717) is 6.42 Å². The zero-order valence-corrected chi connectivity index (χ0v) is 12.0. The van der Waals surface area contributed by atoms with Crippen molar-refractivity contribution in [3.05, 3.63) is 29.8 Å². The molecule has 2 atom stereocenters. The number of carboxylic acid groups (broad SMARTS) is 1. The number of nitrogens with two attached hydrogens (primary N) is 1. The summed E-state index contributed by atoms with van der Waals surface area (Å²) in [4.78, 5) is 22.8. The number of nitrogens with one attached hydrogen (secondary N) is 1. The van der Waals surface area contributed by atoms with Crippen molar-refractivity contribution in [2.24, 2.45) is 11.7 Å². The van der Waals surface area contributed by atoms with E-state index in [0.717, 1.165) is 36.9 Å². The molecule has 0 radical (unpaired) electrons. The third-order valence-corrected chi connectivity index (χ3v) is 3.91. The van der Waals surface area contributed by atoms with E-state index >= 15 is 0 Å². The third-order valence-electron chi connectivity index (χ3n) is 3.91. The maximum Gasteiger partial charge on any atom is 0.303 e. The molecule has 5 nitrogen and oxygen atoms in total. The molecule has 1 aliphatic rings. The summed E-state index contributed by atoms with van der Waals surface area (Å²) in [6.07, 6.45) is 4.18. The Bertz CT molecular complexity index is 516. The molecule has 1 saturated carbocycles. The van der Waals surface area contributed by atoms with Gasteiger partial charge in [0.2, 0.25) is 5.91 Å². The Hall–Kier alpha value is -1.88. The van der Waals surface area contributed by atoms with Crippen molar-refractivity contribution in [2.45, 2.75) is 44.6 Å². The van der Waals surface area contributed by atoms with Gasteiger partial charge in [-0.1, -0.05) is 18.6 Å². The topological polar surface area (TPSA) is 92.4 Å². The van der Waals surface area contributed by atoms with Crippen LogP contribution in [0.15, 0.2) is 24.3 Å².